The van der Waals surface area contributed by atoms with Gasteiger partial charge in [-0.15, -0.1) is 0 Å². The quantitative estimate of drug-likeness (QED) is 0.834. The van der Waals surface area contributed by atoms with E-state index in [1.807, 2.05) is 11.8 Å². The summed E-state index contributed by atoms with van der Waals surface area (Å²) in [6.07, 6.45) is 2.17. The highest BCUT2D eigenvalue weighted by Gasteiger charge is 2.27. The summed E-state index contributed by atoms with van der Waals surface area (Å²) in [5.41, 5.74) is 0.724. The van der Waals surface area contributed by atoms with Crippen LogP contribution in [-0.4, -0.2) is 33.5 Å². The number of hydrogen-bond donors (Lipinski definition) is 2. The van der Waals surface area contributed by atoms with Crippen LogP contribution >= 0.6 is 11.8 Å². The van der Waals surface area contributed by atoms with Crippen LogP contribution in [0.4, 0.5) is 0 Å². The third kappa shape index (κ3) is 4.03. The number of furan rings is 1. The Balaban J connectivity index is 2.15. The molecule has 1 aliphatic heterocycles. The fourth-order valence-electron chi connectivity index (χ4n) is 2.69. The van der Waals surface area contributed by atoms with Gasteiger partial charge in [0.1, 0.15) is 16.4 Å². The molecule has 2 N–H and O–H groups in total. The molecule has 0 bridgehead atoms. The number of hydrogen-bond acceptors (Lipinski definition) is 5. The molecule has 0 amide bonds. The van der Waals surface area contributed by atoms with Crippen molar-refractivity contribution in [1.29, 1.82) is 0 Å². The molecule has 1 aromatic rings. The maximum atomic E-state index is 12.6. The Morgan fingerprint density at radius 1 is 1.24 bits per heavy atom. The second kappa shape index (κ2) is 7.17. The molecule has 1 fully saturated rings. The normalized spacial score (nSPS) is 17.3. The predicted molar refractivity (Wildman–Crippen MR) is 86.2 cm³/mol. The van der Waals surface area contributed by atoms with Crippen molar-refractivity contribution in [1.82, 2.24) is 10.0 Å². The van der Waals surface area contributed by atoms with Gasteiger partial charge in [0.05, 0.1) is 0 Å². The van der Waals surface area contributed by atoms with Crippen LogP contribution in [0, 0.1) is 19.8 Å². The fraction of sp³-hybridized carbons (Fsp3) is 0.714. The highest BCUT2D eigenvalue weighted by Crippen LogP contribution is 2.27. The fourth-order valence-corrected chi connectivity index (χ4v) is 5.46. The minimum atomic E-state index is -3.51. The monoisotopic (exact) mass is 332 g/mol. The van der Waals surface area contributed by atoms with Gasteiger partial charge < -0.3 is 9.73 Å². The summed E-state index contributed by atoms with van der Waals surface area (Å²) in [7, 11) is -1.72. The minimum Gasteiger partial charge on any atom is -0.465 e. The molecule has 0 aliphatic carbocycles. The highest BCUT2D eigenvalue weighted by atomic mass is 32.2. The van der Waals surface area contributed by atoms with Crippen molar-refractivity contribution in [2.45, 2.75) is 38.1 Å². The van der Waals surface area contributed by atoms with Crippen LogP contribution < -0.4 is 10.0 Å². The first-order valence-electron chi connectivity index (χ1n) is 7.26. The molecule has 120 valence electrons. The molecule has 0 unspecified atom stereocenters. The smallest absolute Gasteiger partial charge is 0.244 e. The zero-order chi connectivity index (χ0) is 15.5. The zero-order valence-electron chi connectivity index (χ0n) is 12.9. The number of rotatable bonds is 6. The molecule has 0 radical (unpaired) electrons. The average Bonchev–Trinajstić information content (AvgIpc) is 2.73. The SMILES string of the molecule is CNCc1c(C)oc(C)c1S(=O)(=O)NCC1CCSCC1. The molecule has 2 rings (SSSR count). The Morgan fingerprint density at radius 2 is 1.90 bits per heavy atom. The maximum absolute atomic E-state index is 12.6. The lowest BCUT2D eigenvalue weighted by molar-refractivity contribution is 0.474. The van der Waals surface area contributed by atoms with E-state index in [1.54, 1.807) is 20.9 Å². The van der Waals surface area contributed by atoms with Gasteiger partial charge in [0, 0.05) is 18.7 Å². The summed E-state index contributed by atoms with van der Waals surface area (Å²) >= 11 is 1.94. The molecule has 1 aromatic heterocycles. The van der Waals surface area contributed by atoms with Crippen molar-refractivity contribution >= 4 is 21.8 Å². The van der Waals surface area contributed by atoms with Gasteiger partial charge in [-0.1, -0.05) is 0 Å². The van der Waals surface area contributed by atoms with Gasteiger partial charge in [-0.3, -0.25) is 0 Å². The first-order valence-corrected chi connectivity index (χ1v) is 9.90. The molecule has 5 nitrogen and oxygen atoms in total. The predicted octanol–water partition coefficient (Wildman–Crippen LogP) is 2.04. The summed E-state index contributed by atoms with van der Waals surface area (Å²) in [5, 5.41) is 3.00. The van der Waals surface area contributed by atoms with E-state index in [4.69, 9.17) is 4.42 Å². The van der Waals surface area contributed by atoms with Crippen LogP contribution in [0.25, 0.3) is 0 Å². The van der Waals surface area contributed by atoms with Crippen LogP contribution in [0.1, 0.15) is 29.9 Å². The maximum Gasteiger partial charge on any atom is 0.244 e. The molecule has 2 heterocycles. The Hall–Kier alpha value is -0.500. The van der Waals surface area contributed by atoms with Gasteiger partial charge in [0.2, 0.25) is 10.0 Å². The summed E-state index contributed by atoms with van der Waals surface area (Å²) in [4.78, 5) is 0.305. The van der Waals surface area contributed by atoms with Gasteiger partial charge in [0.25, 0.3) is 0 Å². The van der Waals surface area contributed by atoms with Crippen molar-refractivity contribution in [3.05, 3.63) is 17.1 Å². The Bertz CT molecular complexity index is 575. The highest BCUT2D eigenvalue weighted by molar-refractivity contribution is 7.99. The number of nitrogens with one attached hydrogen (secondary N) is 2. The molecule has 7 heteroatoms. The van der Waals surface area contributed by atoms with Gasteiger partial charge >= 0.3 is 0 Å². The lowest BCUT2D eigenvalue weighted by Gasteiger charge is -2.21. The largest absolute Gasteiger partial charge is 0.465 e. The number of sulfonamides is 1. The van der Waals surface area contributed by atoms with Crippen LogP contribution in [0.3, 0.4) is 0 Å². The molecule has 1 aliphatic rings. The summed E-state index contributed by atoms with van der Waals surface area (Å²) in [6, 6.07) is 0. The molecule has 0 atom stereocenters. The Kier molecular flexibility index (Phi) is 5.76. The van der Waals surface area contributed by atoms with E-state index < -0.39 is 10.0 Å². The molecule has 21 heavy (non-hydrogen) atoms. The van der Waals surface area contributed by atoms with E-state index in [9.17, 15) is 8.42 Å². The molecule has 0 saturated carbocycles. The zero-order valence-corrected chi connectivity index (χ0v) is 14.5. The van der Waals surface area contributed by atoms with E-state index >= 15 is 0 Å². The molecule has 0 spiro atoms. The summed E-state index contributed by atoms with van der Waals surface area (Å²) in [5.74, 6) is 3.82. The second-order valence-electron chi connectivity index (χ2n) is 5.46. The lowest BCUT2D eigenvalue weighted by Crippen LogP contribution is -2.32. The first-order chi connectivity index (χ1) is 9.95. The van der Waals surface area contributed by atoms with Crippen molar-refractivity contribution in [2.24, 2.45) is 5.92 Å². The summed E-state index contributed by atoms with van der Waals surface area (Å²) in [6.45, 7) is 4.51. The van der Waals surface area contributed by atoms with Crippen molar-refractivity contribution in [3.63, 3.8) is 0 Å². The summed E-state index contributed by atoms with van der Waals surface area (Å²) < 4.78 is 33.5. The van der Waals surface area contributed by atoms with Crippen molar-refractivity contribution in [2.75, 3.05) is 25.1 Å². The van der Waals surface area contributed by atoms with Crippen molar-refractivity contribution < 1.29 is 12.8 Å². The topological polar surface area (TPSA) is 71.3 Å². The van der Waals surface area contributed by atoms with Gasteiger partial charge in [0.15, 0.2) is 0 Å². The van der Waals surface area contributed by atoms with Gasteiger partial charge in [-0.2, -0.15) is 11.8 Å². The standard InChI is InChI=1S/C14H24N2O3S2/c1-10-13(9-15-3)14(11(2)19-10)21(17,18)16-8-12-4-6-20-7-5-12/h12,15-16H,4-9H2,1-3H3. The number of aryl methyl sites for hydroxylation is 2. The van der Waals surface area contributed by atoms with Crippen LogP contribution in [0.15, 0.2) is 9.31 Å². The lowest BCUT2D eigenvalue weighted by atomic mass is 10.0. The second-order valence-corrected chi connectivity index (χ2v) is 8.39. The van der Waals surface area contributed by atoms with Crippen molar-refractivity contribution in [3.8, 4) is 0 Å². The molecular weight excluding hydrogens is 308 g/mol. The van der Waals surface area contributed by atoms with E-state index in [0.29, 0.717) is 35.4 Å². The van der Waals surface area contributed by atoms with E-state index in [-0.39, 0.29) is 0 Å². The molecule has 1 saturated heterocycles. The molecular formula is C14H24N2O3S2. The van der Waals surface area contributed by atoms with Crippen LogP contribution in [-0.2, 0) is 16.6 Å². The Morgan fingerprint density at radius 3 is 2.52 bits per heavy atom. The minimum absolute atomic E-state index is 0.305. The van der Waals surface area contributed by atoms with Gasteiger partial charge in [-0.25, -0.2) is 13.1 Å². The van der Waals surface area contributed by atoms with E-state index in [1.165, 1.54) is 0 Å². The van der Waals surface area contributed by atoms with Crippen LogP contribution in [0.2, 0.25) is 0 Å². The first kappa shape index (κ1) is 16.9. The molecule has 0 aromatic carbocycles. The number of thioether (sulfide) groups is 1. The third-order valence-corrected chi connectivity index (χ3v) is 6.52. The Labute approximate surface area is 131 Å². The van der Waals surface area contributed by atoms with E-state index in [2.05, 4.69) is 10.0 Å². The average molecular weight is 332 g/mol. The van der Waals surface area contributed by atoms with Gasteiger partial charge in [-0.05, 0) is 51.2 Å². The third-order valence-electron chi connectivity index (χ3n) is 3.85. The van der Waals surface area contributed by atoms with E-state index in [0.717, 1.165) is 29.9 Å². The van der Waals surface area contributed by atoms with Crippen LogP contribution in [0.5, 0.6) is 0 Å².